The quantitative estimate of drug-likeness (QED) is 0.774. The molecule has 1 unspecified atom stereocenters. The van der Waals surface area contributed by atoms with Crippen molar-refractivity contribution in [2.75, 3.05) is 11.4 Å². The molecule has 0 bridgehead atoms. The molecule has 3 nitrogen and oxygen atoms in total. The zero-order valence-electron chi connectivity index (χ0n) is 8.28. The Hall–Kier alpha value is -1.24. The van der Waals surface area contributed by atoms with E-state index in [-0.39, 0.29) is 18.2 Å². The number of hydrogen-bond acceptors (Lipinski definition) is 2. The summed E-state index contributed by atoms with van der Waals surface area (Å²) in [6.07, 6.45) is 0.234. The summed E-state index contributed by atoms with van der Waals surface area (Å²) in [7, 11) is 0. The first-order valence-corrected chi connectivity index (χ1v) is 5.53. The van der Waals surface area contributed by atoms with Crippen LogP contribution in [0.5, 0.6) is 0 Å². The lowest BCUT2D eigenvalue weighted by Gasteiger charge is -2.18. The average molecular weight is 255 g/mol. The van der Waals surface area contributed by atoms with E-state index in [1.807, 2.05) is 0 Å². The number of hydrogen-bond donors (Lipinski definition) is 0. The summed E-state index contributed by atoms with van der Waals surface area (Å²) in [5.74, 6) is -0.388. The van der Waals surface area contributed by atoms with Crippen molar-refractivity contribution in [3.63, 3.8) is 0 Å². The number of nitrogens with zero attached hydrogens (tertiary/aromatic N) is 2. The van der Waals surface area contributed by atoms with Gasteiger partial charge in [-0.05, 0) is 12.1 Å². The first kappa shape index (κ1) is 11.3. The van der Waals surface area contributed by atoms with E-state index in [9.17, 15) is 4.79 Å². The van der Waals surface area contributed by atoms with E-state index in [0.29, 0.717) is 22.3 Å². The number of carbonyl (C=O) groups excluding carboxylic acids is 1. The molecular weight excluding hydrogens is 247 g/mol. The van der Waals surface area contributed by atoms with E-state index in [4.69, 9.17) is 28.5 Å². The lowest BCUT2D eigenvalue weighted by molar-refractivity contribution is -0.117. The van der Waals surface area contributed by atoms with E-state index in [1.165, 1.54) is 4.90 Å². The number of halogens is 2. The highest BCUT2D eigenvalue weighted by atomic mass is 35.5. The number of carbonyl (C=O) groups is 1. The maximum Gasteiger partial charge on any atom is 0.228 e. The van der Waals surface area contributed by atoms with Crippen LogP contribution < -0.4 is 4.90 Å². The Balaban J connectivity index is 2.39. The topological polar surface area (TPSA) is 44.1 Å². The molecule has 1 heterocycles. The molecule has 0 aliphatic carbocycles. The van der Waals surface area contributed by atoms with E-state index in [2.05, 4.69) is 6.07 Å². The van der Waals surface area contributed by atoms with Gasteiger partial charge in [-0.2, -0.15) is 5.26 Å². The molecule has 1 amide bonds. The number of nitriles is 1. The zero-order chi connectivity index (χ0) is 11.7. The van der Waals surface area contributed by atoms with Gasteiger partial charge in [0.2, 0.25) is 5.91 Å². The third kappa shape index (κ3) is 1.87. The normalized spacial score (nSPS) is 19.9. The summed E-state index contributed by atoms with van der Waals surface area (Å²) in [5, 5.41) is 9.65. The molecule has 16 heavy (non-hydrogen) atoms. The second-order valence-corrected chi connectivity index (χ2v) is 4.42. The summed E-state index contributed by atoms with van der Waals surface area (Å²) in [5.41, 5.74) is 0.508. The van der Waals surface area contributed by atoms with Crippen LogP contribution in [0.25, 0.3) is 0 Å². The maximum absolute atomic E-state index is 11.7. The van der Waals surface area contributed by atoms with Crippen LogP contribution in [0.3, 0.4) is 0 Å². The molecule has 0 spiro atoms. The van der Waals surface area contributed by atoms with Crippen molar-refractivity contribution in [2.45, 2.75) is 6.42 Å². The summed E-state index contributed by atoms with van der Waals surface area (Å²) in [6, 6.07) is 7.16. The van der Waals surface area contributed by atoms with Crippen LogP contribution in [0, 0.1) is 17.2 Å². The fourth-order valence-electron chi connectivity index (χ4n) is 1.76. The van der Waals surface area contributed by atoms with Crippen LogP contribution in [0.15, 0.2) is 18.2 Å². The van der Waals surface area contributed by atoms with Gasteiger partial charge < -0.3 is 4.90 Å². The predicted molar refractivity (Wildman–Crippen MR) is 62.5 cm³/mol. The Morgan fingerprint density at radius 1 is 1.38 bits per heavy atom. The van der Waals surface area contributed by atoms with Gasteiger partial charge in [0.05, 0.1) is 27.7 Å². The van der Waals surface area contributed by atoms with Crippen molar-refractivity contribution in [3.05, 3.63) is 28.2 Å². The van der Waals surface area contributed by atoms with Crippen molar-refractivity contribution in [2.24, 2.45) is 5.92 Å². The summed E-state index contributed by atoms with van der Waals surface area (Å²) in [6.45, 7) is 0.360. The van der Waals surface area contributed by atoms with Crippen LogP contribution in [-0.2, 0) is 4.79 Å². The Morgan fingerprint density at radius 2 is 2.00 bits per heavy atom. The van der Waals surface area contributed by atoms with Gasteiger partial charge in [-0.1, -0.05) is 29.3 Å². The van der Waals surface area contributed by atoms with Gasteiger partial charge in [-0.3, -0.25) is 4.79 Å². The third-order valence-corrected chi connectivity index (χ3v) is 3.13. The average Bonchev–Trinajstić information content (AvgIpc) is 2.60. The highest BCUT2D eigenvalue weighted by Crippen LogP contribution is 2.36. The van der Waals surface area contributed by atoms with Crippen molar-refractivity contribution < 1.29 is 4.79 Å². The summed E-state index contributed by atoms with van der Waals surface area (Å²) >= 11 is 12.0. The van der Waals surface area contributed by atoms with Crippen LogP contribution in [0.4, 0.5) is 5.69 Å². The first-order valence-electron chi connectivity index (χ1n) is 4.77. The number of rotatable bonds is 1. The molecule has 0 N–H and O–H groups in total. The van der Waals surface area contributed by atoms with Gasteiger partial charge >= 0.3 is 0 Å². The fourth-order valence-corrected chi connectivity index (χ4v) is 2.36. The molecule has 1 fully saturated rings. The molecule has 1 aromatic carbocycles. The molecule has 82 valence electrons. The third-order valence-electron chi connectivity index (χ3n) is 2.52. The largest absolute Gasteiger partial charge is 0.308 e. The fraction of sp³-hybridized carbons (Fsp3) is 0.273. The maximum atomic E-state index is 11.7. The molecule has 1 aromatic rings. The van der Waals surface area contributed by atoms with E-state index < -0.39 is 0 Å². The second kappa shape index (κ2) is 4.32. The van der Waals surface area contributed by atoms with Crippen LogP contribution >= 0.6 is 23.2 Å². The molecule has 0 saturated carbocycles. The lowest BCUT2D eigenvalue weighted by atomic mass is 10.1. The molecule has 2 rings (SSSR count). The molecule has 0 aromatic heterocycles. The number of amides is 1. The smallest absolute Gasteiger partial charge is 0.228 e. The van der Waals surface area contributed by atoms with Crippen molar-refractivity contribution in [3.8, 4) is 6.07 Å². The van der Waals surface area contributed by atoms with Gasteiger partial charge in [0, 0.05) is 13.0 Å². The van der Waals surface area contributed by atoms with E-state index in [0.717, 1.165) is 0 Å². The molecular formula is C11H8Cl2N2O. The first-order chi connectivity index (χ1) is 7.63. The molecule has 1 atom stereocenters. The van der Waals surface area contributed by atoms with E-state index in [1.54, 1.807) is 18.2 Å². The van der Waals surface area contributed by atoms with Gasteiger partial charge in [-0.25, -0.2) is 0 Å². The number of para-hydroxylation sites is 1. The van der Waals surface area contributed by atoms with Crippen LogP contribution in [-0.4, -0.2) is 12.5 Å². The minimum absolute atomic E-state index is 0.110. The van der Waals surface area contributed by atoms with Crippen molar-refractivity contribution >= 4 is 34.8 Å². The number of anilines is 1. The highest BCUT2D eigenvalue weighted by molar-refractivity contribution is 6.40. The van der Waals surface area contributed by atoms with Crippen LogP contribution in [0.2, 0.25) is 10.0 Å². The summed E-state index contributed by atoms with van der Waals surface area (Å²) < 4.78 is 0. The van der Waals surface area contributed by atoms with Crippen LogP contribution in [0.1, 0.15) is 6.42 Å². The Kier molecular flexibility index (Phi) is 3.04. The monoisotopic (exact) mass is 254 g/mol. The molecule has 0 radical (unpaired) electrons. The Labute approximate surface area is 103 Å². The van der Waals surface area contributed by atoms with Gasteiger partial charge in [0.25, 0.3) is 0 Å². The van der Waals surface area contributed by atoms with Gasteiger partial charge in [0.15, 0.2) is 0 Å². The van der Waals surface area contributed by atoms with E-state index >= 15 is 0 Å². The van der Waals surface area contributed by atoms with Crippen molar-refractivity contribution in [1.82, 2.24) is 0 Å². The molecule has 5 heteroatoms. The molecule has 1 saturated heterocycles. The van der Waals surface area contributed by atoms with Crippen molar-refractivity contribution in [1.29, 1.82) is 5.26 Å². The van der Waals surface area contributed by atoms with Gasteiger partial charge in [0.1, 0.15) is 0 Å². The lowest BCUT2D eigenvalue weighted by Crippen LogP contribution is -2.25. The second-order valence-electron chi connectivity index (χ2n) is 3.60. The number of benzene rings is 1. The zero-order valence-corrected chi connectivity index (χ0v) is 9.79. The Bertz CT molecular complexity index is 461. The Morgan fingerprint density at radius 3 is 2.50 bits per heavy atom. The standard InChI is InChI=1S/C11H8Cl2N2O/c12-8-2-1-3-9(13)11(8)15-6-7(5-14)4-10(15)16/h1-3,7H,4,6H2. The summed E-state index contributed by atoms with van der Waals surface area (Å²) in [4.78, 5) is 13.2. The minimum atomic E-state index is -0.278. The minimum Gasteiger partial charge on any atom is -0.308 e. The molecule has 1 aliphatic heterocycles. The highest BCUT2D eigenvalue weighted by Gasteiger charge is 2.32. The molecule has 1 aliphatic rings. The SMILES string of the molecule is N#CC1CC(=O)N(c2c(Cl)cccc2Cl)C1. The van der Waals surface area contributed by atoms with Gasteiger partial charge in [-0.15, -0.1) is 0 Å². The predicted octanol–water partition coefficient (Wildman–Crippen LogP) is 2.87.